The van der Waals surface area contributed by atoms with Crippen LogP contribution in [0.15, 0.2) is 35.9 Å². The van der Waals surface area contributed by atoms with Gasteiger partial charge in [0.1, 0.15) is 11.8 Å². The summed E-state index contributed by atoms with van der Waals surface area (Å²) in [4.78, 5) is 35.8. The third-order valence-corrected chi connectivity index (χ3v) is 4.14. The van der Waals surface area contributed by atoms with Gasteiger partial charge in [-0.1, -0.05) is 6.08 Å². The number of esters is 1. The van der Waals surface area contributed by atoms with Gasteiger partial charge in [0, 0.05) is 17.7 Å². The molecule has 0 bridgehead atoms. The van der Waals surface area contributed by atoms with Crippen LogP contribution in [0.4, 0.5) is 0 Å². The van der Waals surface area contributed by atoms with Crippen LogP contribution in [0, 0.1) is 0 Å². The first-order chi connectivity index (χ1) is 12.9. The number of nitrogens with one attached hydrogen (secondary N) is 2. The molecule has 1 aromatic carbocycles. The number of carbonyl (C=O) groups is 3. The number of benzene rings is 1. The SMILES string of the molecule is C/C=C(\C)C(=O)N[C@@H](CCCCNC(=O)c1ccc(OC)cc1)C(=O)OC. The molecule has 1 rings (SSSR count). The number of unbranched alkanes of at least 4 members (excludes halogenated alkanes) is 1. The molecule has 0 heterocycles. The molecule has 2 N–H and O–H groups in total. The van der Waals surface area contributed by atoms with Crippen molar-refractivity contribution < 1.29 is 23.9 Å². The molecule has 7 nitrogen and oxygen atoms in total. The maximum atomic E-state index is 12.1. The molecule has 7 heteroatoms. The van der Waals surface area contributed by atoms with Crippen LogP contribution in [-0.2, 0) is 14.3 Å². The molecule has 0 radical (unpaired) electrons. The minimum atomic E-state index is -0.699. The quantitative estimate of drug-likeness (QED) is 0.371. The number of carbonyl (C=O) groups excluding carboxylic acids is 3. The number of rotatable bonds is 10. The summed E-state index contributed by atoms with van der Waals surface area (Å²) in [6.07, 6.45) is 3.44. The van der Waals surface area contributed by atoms with Gasteiger partial charge >= 0.3 is 5.97 Å². The summed E-state index contributed by atoms with van der Waals surface area (Å²) in [5.41, 5.74) is 1.09. The second-order valence-electron chi connectivity index (χ2n) is 6.00. The maximum Gasteiger partial charge on any atom is 0.328 e. The van der Waals surface area contributed by atoms with Crippen molar-refractivity contribution in [2.75, 3.05) is 20.8 Å². The maximum absolute atomic E-state index is 12.1. The second-order valence-corrected chi connectivity index (χ2v) is 6.00. The van der Waals surface area contributed by atoms with Crippen LogP contribution < -0.4 is 15.4 Å². The first-order valence-corrected chi connectivity index (χ1v) is 8.86. The van der Waals surface area contributed by atoms with E-state index in [0.29, 0.717) is 42.7 Å². The fourth-order valence-electron chi connectivity index (χ4n) is 2.31. The third kappa shape index (κ3) is 7.52. The zero-order valence-corrected chi connectivity index (χ0v) is 16.3. The lowest BCUT2D eigenvalue weighted by molar-refractivity contribution is -0.144. The van der Waals surface area contributed by atoms with E-state index in [1.807, 2.05) is 0 Å². The zero-order valence-electron chi connectivity index (χ0n) is 16.3. The zero-order chi connectivity index (χ0) is 20.2. The lowest BCUT2D eigenvalue weighted by Gasteiger charge is -2.16. The summed E-state index contributed by atoms with van der Waals surface area (Å²) in [6.45, 7) is 3.91. The standard InChI is InChI=1S/C20H28N2O5/c1-5-14(2)18(23)22-17(20(25)27-4)8-6-7-13-21-19(24)15-9-11-16(26-3)12-10-15/h5,9-12,17H,6-8,13H2,1-4H3,(H,21,24)(H,22,23)/b14-5+/t17-/m0/s1. The minimum absolute atomic E-state index is 0.167. The van der Waals surface area contributed by atoms with E-state index in [1.54, 1.807) is 51.3 Å². The van der Waals surface area contributed by atoms with Crippen molar-refractivity contribution in [3.05, 3.63) is 41.5 Å². The van der Waals surface area contributed by atoms with Gasteiger partial charge in [-0.05, 0) is 57.4 Å². The lowest BCUT2D eigenvalue weighted by Crippen LogP contribution is -2.42. The van der Waals surface area contributed by atoms with Crippen molar-refractivity contribution in [1.29, 1.82) is 0 Å². The number of allylic oxidation sites excluding steroid dienone is 1. The summed E-state index contributed by atoms with van der Waals surface area (Å²) in [6, 6.07) is 6.15. The van der Waals surface area contributed by atoms with Crippen LogP contribution in [0.5, 0.6) is 5.75 Å². The van der Waals surface area contributed by atoms with Crippen molar-refractivity contribution in [1.82, 2.24) is 10.6 Å². The molecule has 0 aliphatic carbocycles. The first kappa shape index (κ1) is 22.2. The Labute approximate surface area is 160 Å². The van der Waals surface area contributed by atoms with Crippen LogP contribution in [0.3, 0.4) is 0 Å². The Bertz CT molecular complexity index is 667. The Morgan fingerprint density at radius 3 is 2.33 bits per heavy atom. The van der Waals surface area contributed by atoms with E-state index in [4.69, 9.17) is 9.47 Å². The van der Waals surface area contributed by atoms with Gasteiger partial charge in [-0.3, -0.25) is 9.59 Å². The Morgan fingerprint density at radius 2 is 1.78 bits per heavy atom. The first-order valence-electron chi connectivity index (χ1n) is 8.86. The van der Waals surface area contributed by atoms with E-state index in [-0.39, 0.29) is 11.8 Å². The number of ether oxygens (including phenoxy) is 2. The molecule has 0 aliphatic heterocycles. The van der Waals surface area contributed by atoms with Crippen molar-refractivity contribution >= 4 is 17.8 Å². The highest BCUT2D eigenvalue weighted by Gasteiger charge is 2.21. The van der Waals surface area contributed by atoms with Gasteiger partial charge in [0.2, 0.25) is 5.91 Å². The smallest absolute Gasteiger partial charge is 0.328 e. The van der Waals surface area contributed by atoms with Gasteiger partial charge in [0.05, 0.1) is 14.2 Å². The molecule has 1 atom stereocenters. The van der Waals surface area contributed by atoms with E-state index in [9.17, 15) is 14.4 Å². The van der Waals surface area contributed by atoms with E-state index in [2.05, 4.69) is 10.6 Å². The highest BCUT2D eigenvalue weighted by Crippen LogP contribution is 2.11. The predicted octanol–water partition coefficient (Wildman–Crippen LogP) is 2.22. The van der Waals surface area contributed by atoms with Gasteiger partial charge in [0.15, 0.2) is 0 Å². The Kier molecular flexibility index (Phi) is 9.64. The summed E-state index contributed by atoms with van der Waals surface area (Å²) in [7, 11) is 2.86. The highest BCUT2D eigenvalue weighted by molar-refractivity contribution is 5.95. The molecule has 148 valence electrons. The summed E-state index contributed by atoms with van der Waals surface area (Å²) in [5.74, 6) is -0.245. The van der Waals surface area contributed by atoms with Crippen molar-refractivity contribution in [2.45, 2.75) is 39.2 Å². The highest BCUT2D eigenvalue weighted by atomic mass is 16.5. The van der Waals surface area contributed by atoms with Gasteiger partial charge in [0.25, 0.3) is 5.91 Å². The van der Waals surface area contributed by atoms with Crippen LogP contribution in [0.1, 0.15) is 43.5 Å². The van der Waals surface area contributed by atoms with E-state index in [0.717, 1.165) is 0 Å². The molecular weight excluding hydrogens is 348 g/mol. The molecule has 0 aliphatic rings. The summed E-state index contributed by atoms with van der Waals surface area (Å²) < 4.78 is 9.80. The van der Waals surface area contributed by atoms with Crippen molar-refractivity contribution in [3.63, 3.8) is 0 Å². The molecule has 0 spiro atoms. The molecule has 0 saturated heterocycles. The van der Waals surface area contributed by atoms with E-state index in [1.165, 1.54) is 7.11 Å². The molecular formula is C20H28N2O5. The van der Waals surface area contributed by atoms with E-state index < -0.39 is 12.0 Å². The van der Waals surface area contributed by atoms with E-state index >= 15 is 0 Å². The molecule has 0 unspecified atom stereocenters. The monoisotopic (exact) mass is 376 g/mol. The largest absolute Gasteiger partial charge is 0.497 e. The molecule has 2 amide bonds. The second kappa shape index (κ2) is 11.7. The van der Waals surface area contributed by atoms with Gasteiger partial charge in [-0.15, -0.1) is 0 Å². The Balaban J connectivity index is 2.41. The topological polar surface area (TPSA) is 93.7 Å². The fourth-order valence-corrected chi connectivity index (χ4v) is 2.31. The Morgan fingerprint density at radius 1 is 1.11 bits per heavy atom. The predicted molar refractivity (Wildman–Crippen MR) is 103 cm³/mol. The average molecular weight is 376 g/mol. The lowest BCUT2D eigenvalue weighted by atomic mass is 10.1. The normalized spacial score (nSPS) is 12.1. The number of methoxy groups -OCH3 is 2. The van der Waals surface area contributed by atoms with Gasteiger partial charge < -0.3 is 20.1 Å². The summed E-state index contributed by atoms with van der Waals surface area (Å²) >= 11 is 0. The van der Waals surface area contributed by atoms with Crippen LogP contribution in [0.25, 0.3) is 0 Å². The van der Waals surface area contributed by atoms with Crippen molar-refractivity contribution in [3.8, 4) is 5.75 Å². The Hall–Kier alpha value is -2.83. The van der Waals surface area contributed by atoms with Crippen LogP contribution in [-0.4, -0.2) is 44.6 Å². The molecule has 0 aromatic heterocycles. The van der Waals surface area contributed by atoms with Crippen LogP contribution >= 0.6 is 0 Å². The molecule has 27 heavy (non-hydrogen) atoms. The molecule has 0 saturated carbocycles. The number of hydrogen-bond donors (Lipinski definition) is 2. The van der Waals surface area contributed by atoms with Gasteiger partial charge in [-0.2, -0.15) is 0 Å². The molecule has 1 aromatic rings. The summed E-state index contributed by atoms with van der Waals surface area (Å²) in [5, 5.41) is 5.50. The average Bonchev–Trinajstić information content (AvgIpc) is 2.70. The number of amides is 2. The van der Waals surface area contributed by atoms with Crippen molar-refractivity contribution in [2.24, 2.45) is 0 Å². The van der Waals surface area contributed by atoms with Gasteiger partial charge in [-0.25, -0.2) is 4.79 Å². The number of hydrogen-bond acceptors (Lipinski definition) is 5. The minimum Gasteiger partial charge on any atom is -0.497 e. The van der Waals surface area contributed by atoms with Crippen LogP contribution in [0.2, 0.25) is 0 Å². The molecule has 0 fully saturated rings. The third-order valence-electron chi connectivity index (χ3n) is 4.14. The fraction of sp³-hybridized carbons (Fsp3) is 0.450.